The Morgan fingerprint density at radius 2 is 2.05 bits per heavy atom. The van der Waals surface area contributed by atoms with Crippen molar-refractivity contribution in [1.29, 1.82) is 0 Å². The number of hydrogen-bond donors (Lipinski definition) is 0. The van der Waals surface area contributed by atoms with Gasteiger partial charge in [-0.3, -0.25) is 0 Å². The van der Waals surface area contributed by atoms with Gasteiger partial charge in [0.1, 0.15) is 11.7 Å². The number of hydrogen-bond acceptors (Lipinski definition) is 4. The highest BCUT2D eigenvalue weighted by atomic mass is 16.6. The predicted molar refractivity (Wildman–Crippen MR) is 83.3 cm³/mol. The Morgan fingerprint density at radius 3 is 2.82 bits per heavy atom. The molecule has 0 amide bonds. The zero-order valence-corrected chi connectivity index (χ0v) is 13.4. The second-order valence-corrected chi connectivity index (χ2v) is 6.82. The van der Waals surface area contributed by atoms with Crippen LogP contribution in [0.15, 0.2) is 18.2 Å². The molecule has 3 rings (SSSR count). The van der Waals surface area contributed by atoms with Gasteiger partial charge in [-0.25, -0.2) is 4.79 Å². The molecule has 0 N–H and O–H groups in total. The highest BCUT2D eigenvalue weighted by Gasteiger charge is 2.32. The molecule has 2 aliphatic rings. The summed E-state index contributed by atoms with van der Waals surface area (Å²) in [6.07, 6.45) is 6.41. The number of carbonyl (C=O) groups excluding carboxylic acids is 1. The van der Waals surface area contributed by atoms with Crippen LogP contribution in [0.2, 0.25) is 0 Å². The SMILES string of the molecule is CC1(C)Cc2cccc(OCC(=O)OC3CCCCC3)c2O1. The summed E-state index contributed by atoms with van der Waals surface area (Å²) in [6, 6.07) is 5.82. The van der Waals surface area contributed by atoms with Crippen LogP contribution >= 0.6 is 0 Å². The smallest absolute Gasteiger partial charge is 0.344 e. The molecule has 0 atom stereocenters. The maximum absolute atomic E-state index is 11.9. The van der Waals surface area contributed by atoms with Crippen molar-refractivity contribution in [3.05, 3.63) is 23.8 Å². The van der Waals surface area contributed by atoms with E-state index in [9.17, 15) is 4.79 Å². The zero-order valence-electron chi connectivity index (χ0n) is 13.4. The summed E-state index contributed by atoms with van der Waals surface area (Å²) in [5, 5.41) is 0. The third-order valence-electron chi connectivity index (χ3n) is 4.25. The lowest BCUT2D eigenvalue weighted by atomic mass is 9.98. The van der Waals surface area contributed by atoms with E-state index in [-0.39, 0.29) is 24.3 Å². The molecule has 0 spiro atoms. The fraction of sp³-hybridized carbons (Fsp3) is 0.611. The van der Waals surface area contributed by atoms with E-state index in [1.807, 2.05) is 32.0 Å². The fourth-order valence-corrected chi connectivity index (χ4v) is 3.24. The number of para-hydroxylation sites is 1. The second-order valence-electron chi connectivity index (χ2n) is 6.82. The van der Waals surface area contributed by atoms with Crippen molar-refractivity contribution >= 4 is 5.97 Å². The molecular weight excluding hydrogens is 280 g/mol. The van der Waals surface area contributed by atoms with Crippen molar-refractivity contribution in [3.63, 3.8) is 0 Å². The average molecular weight is 304 g/mol. The quantitative estimate of drug-likeness (QED) is 0.796. The molecule has 1 aliphatic heterocycles. The molecule has 0 radical (unpaired) electrons. The van der Waals surface area contributed by atoms with Gasteiger partial charge >= 0.3 is 5.97 Å². The second kappa shape index (κ2) is 6.19. The van der Waals surface area contributed by atoms with Crippen LogP contribution in [0.1, 0.15) is 51.5 Å². The summed E-state index contributed by atoms with van der Waals surface area (Å²) in [5.74, 6) is 1.10. The first-order valence-electron chi connectivity index (χ1n) is 8.17. The number of carbonyl (C=O) groups is 1. The highest BCUT2D eigenvalue weighted by molar-refractivity contribution is 5.71. The van der Waals surface area contributed by atoms with Gasteiger partial charge in [0.15, 0.2) is 18.1 Å². The van der Waals surface area contributed by atoms with Crippen molar-refractivity contribution in [2.75, 3.05) is 6.61 Å². The molecule has 22 heavy (non-hydrogen) atoms. The molecule has 4 nitrogen and oxygen atoms in total. The summed E-state index contributed by atoms with van der Waals surface area (Å²) in [6.45, 7) is 4.04. The number of esters is 1. The van der Waals surface area contributed by atoms with E-state index in [0.717, 1.165) is 43.4 Å². The highest BCUT2D eigenvalue weighted by Crippen LogP contribution is 2.41. The minimum absolute atomic E-state index is 0.0588. The fourth-order valence-electron chi connectivity index (χ4n) is 3.24. The molecule has 0 bridgehead atoms. The van der Waals surface area contributed by atoms with Crippen LogP contribution < -0.4 is 9.47 Å². The number of ether oxygens (including phenoxy) is 3. The van der Waals surface area contributed by atoms with E-state index in [1.54, 1.807) is 0 Å². The van der Waals surface area contributed by atoms with E-state index in [2.05, 4.69) is 0 Å². The van der Waals surface area contributed by atoms with Crippen molar-refractivity contribution < 1.29 is 19.0 Å². The van der Waals surface area contributed by atoms with Crippen molar-refractivity contribution in [2.24, 2.45) is 0 Å². The molecule has 0 aromatic heterocycles. The van der Waals surface area contributed by atoms with E-state index >= 15 is 0 Å². The Morgan fingerprint density at radius 1 is 1.27 bits per heavy atom. The molecule has 4 heteroatoms. The Kier molecular flexibility index (Phi) is 4.27. The van der Waals surface area contributed by atoms with Gasteiger partial charge in [0.25, 0.3) is 0 Å². The van der Waals surface area contributed by atoms with Gasteiger partial charge in [0, 0.05) is 12.0 Å². The molecule has 1 heterocycles. The van der Waals surface area contributed by atoms with Gasteiger partial charge in [-0.05, 0) is 45.6 Å². The molecule has 1 saturated carbocycles. The molecule has 1 fully saturated rings. The third kappa shape index (κ3) is 3.54. The van der Waals surface area contributed by atoms with Crippen LogP contribution in [0.3, 0.4) is 0 Å². The Labute approximate surface area is 131 Å². The van der Waals surface area contributed by atoms with Crippen molar-refractivity contribution in [3.8, 4) is 11.5 Å². The standard InChI is InChI=1S/C18H24O4/c1-18(2)11-13-7-6-10-15(17(13)22-18)20-12-16(19)21-14-8-4-3-5-9-14/h6-7,10,14H,3-5,8-9,11-12H2,1-2H3. The molecular formula is C18H24O4. The minimum Gasteiger partial charge on any atom is -0.483 e. The Bertz CT molecular complexity index is 544. The molecule has 1 aromatic rings. The predicted octanol–water partition coefficient (Wildman–Crippen LogP) is 3.65. The first kappa shape index (κ1) is 15.2. The minimum atomic E-state index is -0.290. The summed E-state index contributed by atoms with van der Waals surface area (Å²) in [7, 11) is 0. The monoisotopic (exact) mass is 304 g/mol. The average Bonchev–Trinajstić information content (AvgIpc) is 2.80. The normalized spacial score (nSPS) is 20.1. The van der Waals surface area contributed by atoms with Gasteiger partial charge < -0.3 is 14.2 Å². The molecule has 1 aliphatic carbocycles. The van der Waals surface area contributed by atoms with Gasteiger partial charge in [0.2, 0.25) is 0 Å². The molecule has 0 saturated heterocycles. The summed E-state index contributed by atoms with van der Waals surface area (Å²) in [5.41, 5.74) is 0.910. The summed E-state index contributed by atoms with van der Waals surface area (Å²) in [4.78, 5) is 11.9. The molecule has 0 unspecified atom stereocenters. The lowest BCUT2D eigenvalue weighted by molar-refractivity contribution is -0.152. The van der Waals surface area contributed by atoms with E-state index < -0.39 is 0 Å². The topological polar surface area (TPSA) is 44.8 Å². The largest absolute Gasteiger partial charge is 0.483 e. The van der Waals surface area contributed by atoms with Crippen LogP contribution in [0.25, 0.3) is 0 Å². The maximum atomic E-state index is 11.9. The van der Waals surface area contributed by atoms with E-state index in [4.69, 9.17) is 14.2 Å². The van der Waals surface area contributed by atoms with Gasteiger partial charge in [-0.15, -0.1) is 0 Å². The molecule has 1 aromatic carbocycles. The van der Waals surface area contributed by atoms with Crippen LogP contribution in [-0.4, -0.2) is 24.3 Å². The van der Waals surface area contributed by atoms with Crippen LogP contribution in [-0.2, 0) is 16.0 Å². The summed E-state index contributed by atoms with van der Waals surface area (Å²) < 4.78 is 17.0. The number of fused-ring (bicyclic) bond motifs is 1. The maximum Gasteiger partial charge on any atom is 0.344 e. The lowest BCUT2D eigenvalue weighted by Gasteiger charge is -2.22. The van der Waals surface area contributed by atoms with Crippen LogP contribution in [0.4, 0.5) is 0 Å². The molecule has 120 valence electrons. The van der Waals surface area contributed by atoms with Crippen molar-refractivity contribution in [2.45, 2.75) is 64.1 Å². The first-order valence-corrected chi connectivity index (χ1v) is 8.17. The van der Waals surface area contributed by atoms with Gasteiger partial charge in [-0.2, -0.15) is 0 Å². The van der Waals surface area contributed by atoms with E-state index in [0.29, 0.717) is 5.75 Å². The lowest BCUT2D eigenvalue weighted by Crippen LogP contribution is -2.25. The van der Waals surface area contributed by atoms with Gasteiger partial charge in [-0.1, -0.05) is 18.6 Å². The number of benzene rings is 1. The Balaban J connectivity index is 1.56. The summed E-state index contributed by atoms with van der Waals surface area (Å²) >= 11 is 0. The third-order valence-corrected chi connectivity index (χ3v) is 4.25. The van der Waals surface area contributed by atoms with E-state index in [1.165, 1.54) is 6.42 Å². The van der Waals surface area contributed by atoms with Gasteiger partial charge in [0.05, 0.1) is 0 Å². The van der Waals surface area contributed by atoms with Crippen molar-refractivity contribution in [1.82, 2.24) is 0 Å². The zero-order chi connectivity index (χ0) is 15.6. The Hall–Kier alpha value is -1.71. The van der Waals surface area contributed by atoms with Crippen LogP contribution in [0, 0.1) is 0 Å². The first-order chi connectivity index (χ1) is 10.5. The number of rotatable bonds is 4. The van der Waals surface area contributed by atoms with Crippen LogP contribution in [0.5, 0.6) is 11.5 Å².